The lowest BCUT2D eigenvalue weighted by Crippen LogP contribution is -2.29. The van der Waals surface area contributed by atoms with Gasteiger partial charge in [-0.05, 0) is 110 Å². The van der Waals surface area contributed by atoms with Crippen LogP contribution >= 0.6 is 22.6 Å². The minimum Gasteiger partial charge on any atom is -0.361 e. The second-order valence-electron chi connectivity index (χ2n) is 7.04. The summed E-state index contributed by atoms with van der Waals surface area (Å²) in [5.74, 6) is 0.513. The highest BCUT2D eigenvalue weighted by atomic mass is 127. The smallest absolute Gasteiger partial charge is 0.255 e. The van der Waals surface area contributed by atoms with Gasteiger partial charge in [-0.15, -0.1) is 0 Å². The van der Waals surface area contributed by atoms with E-state index in [1.807, 2.05) is 30.3 Å². The van der Waals surface area contributed by atoms with Crippen molar-refractivity contribution in [2.75, 3.05) is 25.5 Å². The molecular formula is C21H22IN3O. The molecule has 134 valence electrons. The maximum Gasteiger partial charge on any atom is 0.255 e. The van der Waals surface area contributed by atoms with E-state index in [2.05, 4.69) is 63.2 Å². The lowest BCUT2D eigenvalue weighted by atomic mass is 9.89. The number of hydrogen-bond acceptors (Lipinski definition) is 2. The maximum absolute atomic E-state index is 12.5. The molecule has 0 aliphatic carbocycles. The van der Waals surface area contributed by atoms with E-state index in [9.17, 15) is 4.79 Å². The van der Waals surface area contributed by atoms with E-state index >= 15 is 0 Å². The van der Waals surface area contributed by atoms with Crippen molar-refractivity contribution in [2.24, 2.45) is 0 Å². The number of carbonyl (C=O) groups is 1. The topological polar surface area (TPSA) is 48.1 Å². The van der Waals surface area contributed by atoms with Gasteiger partial charge in [-0.2, -0.15) is 0 Å². The summed E-state index contributed by atoms with van der Waals surface area (Å²) in [6.07, 6.45) is 4.51. The van der Waals surface area contributed by atoms with Crippen LogP contribution in [0.4, 0.5) is 5.69 Å². The van der Waals surface area contributed by atoms with Gasteiger partial charge in [-0.1, -0.05) is 0 Å². The Morgan fingerprint density at radius 3 is 2.62 bits per heavy atom. The molecule has 4 nitrogen and oxygen atoms in total. The van der Waals surface area contributed by atoms with Crippen molar-refractivity contribution in [3.05, 3.63) is 63.4 Å². The van der Waals surface area contributed by atoms with Crippen LogP contribution in [0.2, 0.25) is 0 Å². The van der Waals surface area contributed by atoms with Crippen molar-refractivity contribution in [1.82, 2.24) is 9.88 Å². The first-order valence-electron chi connectivity index (χ1n) is 8.96. The van der Waals surface area contributed by atoms with Crippen LogP contribution in [0.25, 0.3) is 10.9 Å². The van der Waals surface area contributed by atoms with Crippen LogP contribution in [0.15, 0.2) is 48.7 Å². The van der Waals surface area contributed by atoms with Crippen LogP contribution in [0, 0.1) is 3.57 Å². The molecule has 3 aromatic rings. The van der Waals surface area contributed by atoms with Crippen LogP contribution in [0.1, 0.15) is 34.7 Å². The van der Waals surface area contributed by atoms with Crippen LogP contribution < -0.4 is 5.32 Å². The molecule has 0 saturated carbocycles. The molecule has 0 bridgehead atoms. The van der Waals surface area contributed by atoms with E-state index in [0.717, 1.165) is 27.9 Å². The Balaban J connectivity index is 1.57. The predicted octanol–water partition coefficient (Wildman–Crippen LogP) is 4.83. The Morgan fingerprint density at radius 1 is 1.15 bits per heavy atom. The van der Waals surface area contributed by atoms with Crippen LogP contribution in [-0.4, -0.2) is 35.9 Å². The first-order valence-corrected chi connectivity index (χ1v) is 10.0. The summed E-state index contributed by atoms with van der Waals surface area (Å²) in [5.41, 5.74) is 4.02. The van der Waals surface area contributed by atoms with Gasteiger partial charge in [-0.25, -0.2) is 0 Å². The Labute approximate surface area is 167 Å². The molecule has 0 radical (unpaired) electrons. The van der Waals surface area contributed by atoms with Gasteiger partial charge in [0, 0.05) is 31.9 Å². The van der Waals surface area contributed by atoms with Crippen LogP contribution in [0.5, 0.6) is 0 Å². The number of aromatic amines is 1. The normalized spacial score (nSPS) is 16.1. The Morgan fingerprint density at radius 2 is 1.88 bits per heavy atom. The molecule has 1 aromatic heterocycles. The number of halogens is 1. The molecule has 0 spiro atoms. The zero-order chi connectivity index (χ0) is 18.1. The van der Waals surface area contributed by atoms with Gasteiger partial charge in [-0.3, -0.25) is 4.79 Å². The van der Waals surface area contributed by atoms with Gasteiger partial charge < -0.3 is 15.2 Å². The number of piperidine rings is 1. The van der Waals surface area contributed by atoms with E-state index in [-0.39, 0.29) is 5.91 Å². The molecule has 1 aliphatic heterocycles. The van der Waals surface area contributed by atoms with Crippen molar-refractivity contribution >= 4 is 45.1 Å². The molecular weight excluding hydrogens is 437 g/mol. The molecule has 0 atom stereocenters. The minimum atomic E-state index is -0.0721. The quantitative estimate of drug-likeness (QED) is 0.552. The number of benzene rings is 2. The van der Waals surface area contributed by atoms with Crippen molar-refractivity contribution in [3.8, 4) is 0 Å². The minimum absolute atomic E-state index is 0.0721. The fourth-order valence-corrected chi connectivity index (χ4v) is 4.04. The lowest BCUT2D eigenvalue weighted by molar-refractivity contribution is 0.102. The van der Waals surface area contributed by atoms with Gasteiger partial charge in [0.2, 0.25) is 0 Å². The van der Waals surface area contributed by atoms with Crippen LogP contribution in [-0.2, 0) is 0 Å². The highest BCUT2D eigenvalue weighted by Crippen LogP contribution is 2.34. The highest BCUT2D eigenvalue weighted by Gasteiger charge is 2.21. The summed E-state index contributed by atoms with van der Waals surface area (Å²) in [6, 6.07) is 13.7. The summed E-state index contributed by atoms with van der Waals surface area (Å²) < 4.78 is 1.12. The number of anilines is 1. The molecule has 4 rings (SSSR count). The van der Waals surface area contributed by atoms with Crippen molar-refractivity contribution in [1.29, 1.82) is 0 Å². The second-order valence-corrected chi connectivity index (χ2v) is 8.29. The SMILES string of the molecule is CN1CCC(c2c[nH]c3ccc(NC(=O)c4ccc(I)cc4)cc23)CC1. The van der Waals surface area contributed by atoms with E-state index in [0.29, 0.717) is 11.5 Å². The summed E-state index contributed by atoms with van der Waals surface area (Å²) in [4.78, 5) is 18.3. The Kier molecular flexibility index (Phi) is 5.00. The Bertz CT molecular complexity index is 924. The molecule has 5 heteroatoms. The standard InChI is InChI=1S/C21H22IN3O/c1-25-10-8-14(9-11-25)19-13-23-20-7-6-17(12-18(19)20)24-21(26)15-2-4-16(22)5-3-15/h2-7,12-14,23H,8-11H2,1H3,(H,24,26). The number of H-pyrrole nitrogens is 1. The zero-order valence-electron chi connectivity index (χ0n) is 14.8. The number of aromatic nitrogens is 1. The summed E-state index contributed by atoms with van der Waals surface area (Å²) in [7, 11) is 2.18. The van der Waals surface area contributed by atoms with Crippen molar-refractivity contribution in [3.63, 3.8) is 0 Å². The van der Waals surface area contributed by atoms with E-state index in [4.69, 9.17) is 0 Å². The largest absolute Gasteiger partial charge is 0.361 e. The highest BCUT2D eigenvalue weighted by molar-refractivity contribution is 14.1. The van der Waals surface area contributed by atoms with Crippen molar-refractivity contribution < 1.29 is 4.79 Å². The fraction of sp³-hybridized carbons (Fsp3) is 0.286. The van der Waals surface area contributed by atoms with Gasteiger partial charge in [0.1, 0.15) is 0 Å². The van der Waals surface area contributed by atoms with Gasteiger partial charge in [0.15, 0.2) is 0 Å². The monoisotopic (exact) mass is 459 g/mol. The molecule has 2 heterocycles. The molecule has 0 unspecified atom stereocenters. The summed E-state index contributed by atoms with van der Waals surface area (Å²) in [6.45, 7) is 2.28. The Hall–Kier alpha value is -1.86. The molecule has 26 heavy (non-hydrogen) atoms. The molecule has 2 N–H and O–H groups in total. The third-order valence-electron chi connectivity index (χ3n) is 5.24. The van der Waals surface area contributed by atoms with Crippen LogP contribution in [0.3, 0.4) is 0 Å². The number of nitrogens with zero attached hydrogens (tertiary/aromatic N) is 1. The first kappa shape index (κ1) is 17.5. The van der Waals surface area contributed by atoms with E-state index in [1.54, 1.807) is 0 Å². The maximum atomic E-state index is 12.5. The number of likely N-dealkylation sites (tertiary alicyclic amines) is 1. The van der Waals surface area contributed by atoms with E-state index in [1.165, 1.54) is 23.8 Å². The number of carbonyl (C=O) groups excluding carboxylic acids is 1. The van der Waals surface area contributed by atoms with Gasteiger partial charge >= 0.3 is 0 Å². The van der Waals surface area contributed by atoms with Crippen molar-refractivity contribution in [2.45, 2.75) is 18.8 Å². The molecule has 1 amide bonds. The predicted molar refractivity (Wildman–Crippen MR) is 115 cm³/mol. The molecule has 1 fully saturated rings. The molecule has 1 aliphatic rings. The summed E-state index contributed by atoms with van der Waals surface area (Å²) in [5, 5.41) is 4.26. The third kappa shape index (κ3) is 3.64. The molecule has 2 aromatic carbocycles. The number of hydrogen-bond donors (Lipinski definition) is 2. The number of amides is 1. The van der Waals surface area contributed by atoms with Gasteiger partial charge in [0.25, 0.3) is 5.91 Å². The average Bonchev–Trinajstić information content (AvgIpc) is 3.06. The second kappa shape index (κ2) is 7.40. The third-order valence-corrected chi connectivity index (χ3v) is 5.96. The van der Waals surface area contributed by atoms with E-state index < -0.39 is 0 Å². The number of nitrogens with one attached hydrogen (secondary N) is 2. The lowest BCUT2D eigenvalue weighted by Gasteiger charge is -2.28. The summed E-state index contributed by atoms with van der Waals surface area (Å²) >= 11 is 2.24. The molecule has 1 saturated heterocycles. The number of fused-ring (bicyclic) bond motifs is 1. The fourth-order valence-electron chi connectivity index (χ4n) is 3.68. The van der Waals surface area contributed by atoms with Gasteiger partial charge in [0.05, 0.1) is 0 Å². The zero-order valence-corrected chi connectivity index (χ0v) is 16.9. The first-order chi connectivity index (χ1) is 12.6. The number of rotatable bonds is 3. The average molecular weight is 459 g/mol.